The molecule has 0 saturated heterocycles. The van der Waals surface area contributed by atoms with E-state index >= 15 is 0 Å². The summed E-state index contributed by atoms with van der Waals surface area (Å²) in [6.45, 7) is 5.64. The largest absolute Gasteiger partial charge is 0.383 e. The van der Waals surface area contributed by atoms with Crippen LogP contribution in [-0.2, 0) is 17.8 Å². The Hall–Kier alpha value is -1.99. The fraction of sp³-hybridized carbons (Fsp3) is 0.588. The first-order chi connectivity index (χ1) is 11.5. The highest BCUT2D eigenvalue weighted by Gasteiger charge is 2.32. The minimum Gasteiger partial charge on any atom is -0.383 e. The molecule has 7 nitrogen and oxygen atoms in total. The molecular weight excluding hydrogens is 306 g/mol. The van der Waals surface area contributed by atoms with Crippen LogP contribution in [0.4, 0.5) is 0 Å². The van der Waals surface area contributed by atoms with Crippen LogP contribution in [0.1, 0.15) is 41.7 Å². The van der Waals surface area contributed by atoms with E-state index in [2.05, 4.69) is 14.8 Å². The summed E-state index contributed by atoms with van der Waals surface area (Å²) in [5, 5.41) is 8.75. The number of hydrogen-bond acceptors (Lipinski definition) is 5. The number of aromatic nitrogens is 4. The van der Waals surface area contributed by atoms with Gasteiger partial charge in [-0.15, -0.1) is 10.2 Å². The number of ether oxygens (including phenoxy) is 1. The molecule has 1 fully saturated rings. The normalized spacial score (nSPS) is 20.2. The van der Waals surface area contributed by atoms with Gasteiger partial charge in [0.25, 0.3) is 5.56 Å². The molecule has 2 heterocycles. The lowest BCUT2D eigenvalue weighted by atomic mass is 9.80. The molecule has 1 aliphatic carbocycles. The van der Waals surface area contributed by atoms with Crippen molar-refractivity contribution in [3.05, 3.63) is 45.4 Å². The summed E-state index contributed by atoms with van der Waals surface area (Å²) < 4.78 is 9.07. The van der Waals surface area contributed by atoms with Gasteiger partial charge in [0.2, 0.25) is 0 Å². The zero-order chi connectivity index (χ0) is 17.3. The van der Waals surface area contributed by atoms with E-state index in [1.807, 2.05) is 19.9 Å². The summed E-state index contributed by atoms with van der Waals surface area (Å²) in [5.41, 5.74) is 7.93. The smallest absolute Gasteiger partial charge is 0.251 e. The van der Waals surface area contributed by atoms with Gasteiger partial charge in [0.1, 0.15) is 5.82 Å². The number of hydrogen-bond donors (Lipinski definition) is 1. The van der Waals surface area contributed by atoms with Crippen LogP contribution < -0.4 is 11.3 Å². The lowest BCUT2D eigenvalue weighted by molar-refractivity contribution is 0.183. The van der Waals surface area contributed by atoms with Crippen molar-refractivity contribution in [2.75, 3.05) is 13.7 Å². The Balaban J connectivity index is 1.93. The number of rotatable bonds is 6. The molecule has 0 bridgehead atoms. The summed E-state index contributed by atoms with van der Waals surface area (Å²) in [6, 6.07) is 3.71. The van der Waals surface area contributed by atoms with Crippen molar-refractivity contribution in [3.8, 4) is 0 Å². The molecule has 2 aromatic heterocycles. The molecule has 3 rings (SSSR count). The number of nitrogens with zero attached hydrogens (tertiary/aromatic N) is 4. The standard InChI is InChI=1S/C17H25N5O2/c1-11-4-5-16(23)22(12(11)2)10-15-19-20-17(13-8-14(18)9-13)21(15)6-7-24-3/h4-5,13-14H,6-10,18H2,1-3H3. The van der Waals surface area contributed by atoms with E-state index in [9.17, 15) is 4.79 Å². The van der Waals surface area contributed by atoms with Crippen LogP contribution in [0.2, 0.25) is 0 Å². The van der Waals surface area contributed by atoms with Crippen LogP contribution in [0.5, 0.6) is 0 Å². The Kier molecular flexibility index (Phi) is 4.82. The third kappa shape index (κ3) is 3.14. The van der Waals surface area contributed by atoms with Gasteiger partial charge in [-0.05, 0) is 32.3 Å². The Morgan fingerprint density at radius 1 is 1.25 bits per heavy atom. The van der Waals surface area contributed by atoms with E-state index < -0.39 is 0 Å². The Morgan fingerprint density at radius 3 is 2.67 bits per heavy atom. The molecule has 130 valence electrons. The van der Waals surface area contributed by atoms with Crippen LogP contribution in [-0.4, -0.2) is 39.1 Å². The molecule has 0 unspecified atom stereocenters. The van der Waals surface area contributed by atoms with E-state index in [-0.39, 0.29) is 11.6 Å². The SMILES string of the molecule is COCCn1c(Cn2c(C)c(C)ccc2=O)nnc1C1CC(N)C1. The Bertz CT molecular complexity index is 774. The van der Waals surface area contributed by atoms with E-state index in [0.29, 0.717) is 25.6 Å². The molecule has 0 radical (unpaired) electrons. The van der Waals surface area contributed by atoms with Gasteiger partial charge in [0.05, 0.1) is 13.2 Å². The molecule has 7 heteroatoms. The van der Waals surface area contributed by atoms with Crippen molar-refractivity contribution in [3.63, 3.8) is 0 Å². The summed E-state index contributed by atoms with van der Waals surface area (Å²) in [6.07, 6.45) is 1.88. The maximum atomic E-state index is 12.2. The predicted molar refractivity (Wildman–Crippen MR) is 91.1 cm³/mol. The van der Waals surface area contributed by atoms with Crippen molar-refractivity contribution in [1.29, 1.82) is 0 Å². The first kappa shape index (κ1) is 16.9. The van der Waals surface area contributed by atoms with Crippen molar-refractivity contribution < 1.29 is 4.74 Å². The quantitative estimate of drug-likeness (QED) is 0.851. The molecule has 2 aromatic rings. The zero-order valence-corrected chi connectivity index (χ0v) is 14.5. The average molecular weight is 331 g/mol. The molecule has 2 N–H and O–H groups in total. The van der Waals surface area contributed by atoms with Gasteiger partial charge in [0.15, 0.2) is 5.82 Å². The highest BCUT2D eigenvalue weighted by molar-refractivity contribution is 5.19. The molecule has 0 spiro atoms. The molecule has 1 aliphatic rings. The van der Waals surface area contributed by atoms with Crippen LogP contribution in [0.3, 0.4) is 0 Å². The first-order valence-electron chi connectivity index (χ1n) is 8.34. The summed E-state index contributed by atoms with van der Waals surface area (Å²) in [4.78, 5) is 12.2. The van der Waals surface area contributed by atoms with Crippen molar-refractivity contribution in [1.82, 2.24) is 19.3 Å². The van der Waals surface area contributed by atoms with Gasteiger partial charge in [0, 0.05) is 37.4 Å². The molecule has 0 aliphatic heterocycles. The second-order valence-electron chi connectivity index (χ2n) is 6.57. The van der Waals surface area contributed by atoms with Gasteiger partial charge in [-0.25, -0.2) is 0 Å². The molecule has 1 saturated carbocycles. The van der Waals surface area contributed by atoms with Crippen molar-refractivity contribution >= 4 is 0 Å². The maximum Gasteiger partial charge on any atom is 0.251 e. The van der Waals surface area contributed by atoms with Crippen LogP contribution in [0.25, 0.3) is 0 Å². The highest BCUT2D eigenvalue weighted by atomic mass is 16.5. The van der Waals surface area contributed by atoms with Gasteiger partial charge >= 0.3 is 0 Å². The lowest BCUT2D eigenvalue weighted by Crippen LogP contribution is -2.36. The minimum absolute atomic E-state index is 0.0217. The number of methoxy groups -OCH3 is 1. The summed E-state index contributed by atoms with van der Waals surface area (Å²) in [7, 11) is 1.68. The average Bonchev–Trinajstić information content (AvgIpc) is 2.92. The predicted octanol–water partition coefficient (Wildman–Crippen LogP) is 0.956. The fourth-order valence-corrected chi connectivity index (χ4v) is 3.19. The lowest BCUT2D eigenvalue weighted by Gasteiger charge is -2.31. The minimum atomic E-state index is -0.0217. The van der Waals surface area contributed by atoms with Crippen LogP contribution in [0.15, 0.2) is 16.9 Å². The van der Waals surface area contributed by atoms with Crippen molar-refractivity contribution in [2.45, 2.75) is 51.7 Å². The maximum absolute atomic E-state index is 12.2. The molecule has 0 atom stereocenters. The van der Waals surface area contributed by atoms with E-state index in [0.717, 1.165) is 35.7 Å². The van der Waals surface area contributed by atoms with Gasteiger partial charge in [-0.2, -0.15) is 0 Å². The van der Waals surface area contributed by atoms with Gasteiger partial charge < -0.3 is 19.6 Å². The third-order valence-electron chi connectivity index (χ3n) is 4.93. The Morgan fingerprint density at radius 2 is 2.00 bits per heavy atom. The summed E-state index contributed by atoms with van der Waals surface area (Å²) in [5.74, 6) is 2.11. The number of pyridine rings is 1. The zero-order valence-electron chi connectivity index (χ0n) is 14.5. The highest BCUT2D eigenvalue weighted by Crippen LogP contribution is 2.34. The van der Waals surface area contributed by atoms with Crippen LogP contribution >= 0.6 is 0 Å². The monoisotopic (exact) mass is 331 g/mol. The number of nitrogens with two attached hydrogens (primary N) is 1. The Labute approximate surface area is 141 Å². The second kappa shape index (κ2) is 6.86. The van der Waals surface area contributed by atoms with Gasteiger partial charge in [-0.3, -0.25) is 4.79 Å². The molecule has 0 aromatic carbocycles. The molecular formula is C17H25N5O2. The second-order valence-corrected chi connectivity index (χ2v) is 6.57. The third-order valence-corrected chi connectivity index (χ3v) is 4.93. The van der Waals surface area contributed by atoms with Gasteiger partial charge in [-0.1, -0.05) is 6.07 Å². The fourth-order valence-electron chi connectivity index (χ4n) is 3.19. The van der Waals surface area contributed by atoms with E-state index in [1.54, 1.807) is 17.7 Å². The van der Waals surface area contributed by atoms with Crippen LogP contribution in [0, 0.1) is 13.8 Å². The summed E-state index contributed by atoms with van der Waals surface area (Å²) >= 11 is 0. The van der Waals surface area contributed by atoms with E-state index in [1.165, 1.54) is 0 Å². The van der Waals surface area contributed by atoms with E-state index in [4.69, 9.17) is 10.5 Å². The molecule has 24 heavy (non-hydrogen) atoms. The molecule has 0 amide bonds. The first-order valence-corrected chi connectivity index (χ1v) is 8.34. The number of aryl methyl sites for hydroxylation is 1. The topological polar surface area (TPSA) is 88.0 Å². The van der Waals surface area contributed by atoms with Crippen molar-refractivity contribution in [2.24, 2.45) is 5.73 Å².